The molecule has 3 rings (SSSR count). The van der Waals surface area contributed by atoms with Crippen molar-refractivity contribution in [2.75, 3.05) is 18.1 Å². The number of amides is 2. The molecular weight excluding hydrogens is 374 g/mol. The second kappa shape index (κ2) is 8.71. The van der Waals surface area contributed by atoms with Crippen LogP contribution in [-0.4, -0.2) is 39.4 Å². The molecule has 0 unspecified atom stereocenters. The molecule has 0 aliphatic rings. The Kier molecular flexibility index (Phi) is 6.10. The molecule has 2 N–H and O–H groups in total. The van der Waals surface area contributed by atoms with Crippen LogP contribution in [0.15, 0.2) is 53.7 Å². The number of aryl methyl sites for hydroxylation is 1. The fourth-order valence-corrected chi connectivity index (χ4v) is 3.39. The van der Waals surface area contributed by atoms with Crippen LogP contribution in [0.2, 0.25) is 0 Å². The highest BCUT2D eigenvalue weighted by Crippen LogP contribution is 2.25. The van der Waals surface area contributed by atoms with Gasteiger partial charge in [0.15, 0.2) is 11.0 Å². The van der Waals surface area contributed by atoms with Crippen LogP contribution < -0.4 is 10.6 Å². The molecule has 0 spiro atoms. The average Bonchev–Trinajstić information content (AvgIpc) is 3.07. The van der Waals surface area contributed by atoms with E-state index in [9.17, 15) is 9.59 Å². The summed E-state index contributed by atoms with van der Waals surface area (Å²) in [6.07, 6.45) is 0. The molecule has 1 heterocycles. The first-order valence-electron chi connectivity index (χ1n) is 8.69. The van der Waals surface area contributed by atoms with Gasteiger partial charge >= 0.3 is 0 Å². The molecule has 8 heteroatoms. The summed E-state index contributed by atoms with van der Waals surface area (Å²) in [5.41, 5.74) is 3.31. The normalized spacial score (nSPS) is 10.5. The molecule has 0 saturated heterocycles. The molecule has 2 aromatic carbocycles. The monoisotopic (exact) mass is 395 g/mol. The molecule has 0 aliphatic heterocycles. The molecule has 3 aromatic rings. The highest BCUT2D eigenvalue weighted by atomic mass is 32.2. The van der Waals surface area contributed by atoms with Crippen molar-refractivity contribution in [1.82, 2.24) is 20.1 Å². The van der Waals surface area contributed by atoms with E-state index < -0.39 is 0 Å². The highest BCUT2D eigenvalue weighted by Gasteiger charge is 2.14. The number of anilines is 1. The molecule has 2 amide bonds. The number of benzene rings is 2. The van der Waals surface area contributed by atoms with Crippen LogP contribution in [0, 0.1) is 6.92 Å². The second-order valence-corrected chi connectivity index (χ2v) is 7.12. The lowest BCUT2D eigenvalue weighted by Gasteiger charge is -2.07. The Bertz CT molecular complexity index is 998. The molecule has 28 heavy (non-hydrogen) atoms. The van der Waals surface area contributed by atoms with Crippen LogP contribution in [0.4, 0.5) is 5.69 Å². The predicted octanol–water partition coefficient (Wildman–Crippen LogP) is 2.88. The Hall–Kier alpha value is -3.13. The van der Waals surface area contributed by atoms with E-state index in [1.54, 1.807) is 31.3 Å². The van der Waals surface area contributed by atoms with E-state index in [0.29, 0.717) is 16.4 Å². The van der Waals surface area contributed by atoms with Gasteiger partial charge in [0.05, 0.1) is 5.75 Å². The first kappa shape index (κ1) is 19.6. The standard InChI is InChI=1S/C20H21N5O2S/c1-13-6-4-5-7-16(13)18-23-24-20(25(18)3)28-12-17(26)22-15-10-8-14(9-11-15)19(27)21-2/h4-11H,12H2,1-3H3,(H,21,27)(H,22,26). The Morgan fingerprint density at radius 3 is 2.46 bits per heavy atom. The van der Waals surface area contributed by atoms with Crippen molar-refractivity contribution < 1.29 is 9.59 Å². The van der Waals surface area contributed by atoms with Crippen molar-refractivity contribution in [3.8, 4) is 11.4 Å². The molecule has 1 aromatic heterocycles. The van der Waals surface area contributed by atoms with E-state index >= 15 is 0 Å². The van der Waals surface area contributed by atoms with Gasteiger partial charge in [-0.3, -0.25) is 9.59 Å². The minimum Gasteiger partial charge on any atom is -0.355 e. The number of hydrogen-bond donors (Lipinski definition) is 2. The van der Waals surface area contributed by atoms with Crippen molar-refractivity contribution in [3.05, 3.63) is 59.7 Å². The number of aromatic nitrogens is 3. The lowest BCUT2D eigenvalue weighted by Crippen LogP contribution is -2.18. The van der Waals surface area contributed by atoms with E-state index in [1.165, 1.54) is 11.8 Å². The maximum atomic E-state index is 12.2. The Morgan fingerprint density at radius 1 is 1.07 bits per heavy atom. The van der Waals surface area contributed by atoms with E-state index in [0.717, 1.165) is 17.0 Å². The lowest BCUT2D eigenvalue weighted by molar-refractivity contribution is -0.113. The summed E-state index contributed by atoms with van der Waals surface area (Å²) in [6, 6.07) is 14.7. The van der Waals surface area contributed by atoms with Gasteiger partial charge in [-0.25, -0.2) is 0 Å². The van der Waals surface area contributed by atoms with Crippen LogP contribution in [0.1, 0.15) is 15.9 Å². The summed E-state index contributed by atoms with van der Waals surface area (Å²) in [4.78, 5) is 23.8. The van der Waals surface area contributed by atoms with Gasteiger partial charge in [-0.1, -0.05) is 36.0 Å². The minimum absolute atomic E-state index is 0.155. The van der Waals surface area contributed by atoms with Crippen LogP contribution in [0.3, 0.4) is 0 Å². The van der Waals surface area contributed by atoms with E-state index in [2.05, 4.69) is 20.8 Å². The van der Waals surface area contributed by atoms with Crippen molar-refractivity contribution in [2.45, 2.75) is 12.1 Å². The van der Waals surface area contributed by atoms with Gasteiger partial charge in [0.2, 0.25) is 5.91 Å². The predicted molar refractivity (Wildman–Crippen MR) is 110 cm³/mol. The Morgan fingerprint density at radius 2 is 1.79 bits per heavy atom. The SMILES string of the molecule is CNC(=O)c1ccc(NC(=O)CSc2nnc(-c3ccccc3C)n2C)cc1. The van der Waals surface area contributed by atoms with Gasteiger partial charge in [0.1, 0.15) is 0 Å². The maximum absolute atomic E-state index is 12.2. The molecule has 144 valence electrons. The first-order valence-corrected chi connectivity index (χ1v) is 9.68. The molecule has 0 saturated carbocycles. The molecule has 0 atom stereocenters. The topological polar surface area (TPSA) is 88.9 Å². The van der Waals surface area contributed by atoms with Crippen LogP contribution in [-0.2, 0) is 11.8 Å². The van der Waals surface area contributed by atoms with Crippen molar-refractivity contribution >= 4 is 29.3 Å². The third-order valence-corrected chi connectivity index (χ3v) is 5.23. The van der Waals surface area contributed by atoms with Gasteiger partial charge in [-0.05, 0) is 36.8 Å². The zero-order valence-corrected chi connectivity index (χ0v) is 16.7. The fraction of sp³-hybridized carbons (Fsp3) is 0.200. The lowest BCUT2D eigenvalue weighted by atomic mass is 10.1. The first-order chi connectivity index (χ1) is 13.5. The van der Waals surface area contributed by atoms with E-state index in [-0.39, 0.29) is 17.6 Å². The van der Waals surface area contributed by atoms with E-state index in [1.807, 2.05) is 42.8 Å². The zero-order chi connectivity index (χ0) is 20.1. The minimum atomic E-state index is -0.167. The fourth-order valence-electron chi connectivity index (χ4n) is 2.68. The highest BCUT2D eigenvalue weighted by molar-refractivity contribution is 7.99. The summed E-state index contributed by atoms with van der Waals surface area (Å²) in [5.74, 6) is 0.654. The summed E-state index contributed by atoms with van der Waals surface area (Å²) in [5, 5.41) is 14.5. The Balaban J connectivity index is 1.61. The van der Waals surface area contributed by atoms with Gasteiger partial charge in [0.25, 0.3) is 5.91 Å². The van der Waals surface area contributed by atoms with Gasteiger partial charge in [-0.2, -0.15) is 0 Å². The number of nitrogens with zero attached hydrogens (tertiary/aromatic N) is 3. The van der Waals surface area contributed by atoms with Crippen molar-refractivity contribution in [3.63, 3.8) is 0 Å². The van der Waals surface area contributed by atoms with E-state index in [4.69, 9.17) is 0 Å². The summed E-state index contributed by atoms with van der Waals surface area (Å²) >= 11 is 1.32. The molecular formula is C20H21N5O2S. The maximum Gasteiger partial charge on any atom is 0.251 e. The summed E-state index contributed by atoms with van der Waals surface area (Å²) < 4.78 is 1.89. The zero-order valence-electron chi connectivity index (χ0n) is 15.9. The van der Waals surface area contributed by atoms with Crippen LogP contribution in [0.25, 0.3) is 11.4 Å². The number of carbonyl (C=O) groups is 2. The number of hydrogen-bond acceptors (Lipinski definition) is 5. The number of nitrogens with one attached hydrogen (secondary N) is 2. The van der Waals surface area contributed by atoms with Crippen LogP contribution >= 0.6 is 11.8 Å². The number of carbonyl (C=O) groups excluding carboxylic acids is 2. The summed E-state index contributed by atoms with van der Waals surface area (Å²) in [7, 11) is 3.46. The average molecular weight is 395 g/mol. The quantitative estimate of drug-likeness (QED) is 0.627. The molecule has 0 bridgehead atoms. The number of thioether (sulfide) groups is 1. The molecule has 7 nitrogen and oxygen atoms in total. The number of rotatable bonds is 6. The van der Waals surface area contributed by atoms with Crippen molar-refractivity contribution in [1.29, 1.82) is 0 Å². The van der Waals surface area contributed by atoms with Gasteiger partial charge in [0, 0.05) is 30.9 Å². The third-order valence-electron chi connectivity index (χ3n) is 4.21. The Labute approximate surface area is 167 Å². The van der Waals surface area contributed by atoms with Crippen molar-refractivity contribution in [2.24, 2.45) is 7.05 Å². The van der Waals surface area contributed by atoms with Gasteiger partial charge < -0.3 is 15.2 Å². The van der Waals surface area contributed by atoms with Gasteiger partial charge in [-0.15, -0.1) is 10.2 Å². The third kappa shape index (κ3) is 4.40. The second-order valence-electron chi connectivity index (χ2n) is 6.17. The molecule has 0 fully saturated rings. The molecule has 0 radical (unpaired) electrons. The van der Waals surface area contributed by atoms with Crippen LogP contribution in [0.5, 0.6) is 0 Å². The largest absolute Gasteiger partial charge is 0.355 e. The summed E-state index contributed by atoms with van der Waals surface area (Å²) in [6.45, 7) is 2.03. The molecule has 0 aliphatic carbocycles. The smallest absolute Gasteiger partial charge is 0.251 e.